The van der Waals surface area contributed by atoms with E-state index < -0.39 is 167 Å². The van der Waals surface area contributed by atoms with Crippen molar-refractivity contribution in [3.63, 3.8) is 0 Å². The fourth-order valence-corrected chi connectivity index (χ4v) is 12.8. The number of ether oxygens (including phenoxy) is 15. The highest BCUT2D eigenvalue weighted by molar-refractivity contribution is 5.92. The zero-order valence-electron chi connectivity index (χ0n) is 60.3. The van der Waals surface area contributed by atoms with Gasteiger partial charge in [-0.3, -0.25) is 4.79 Å². The van der Waals surface area contributed by atoms with Gasteiger partial charge in [-0.2, -0.15) is 0 Å². The molecule has 0 aliphatic carbocycles. The number of rotatable bonds is 34. The van der Waals surface area contributed by atoms with E-state index in [4.69, 9.17) is 71.1 Å². The fourth-order valence-electron chi connectivity index (χ4n) is 12.8. The molecule has 3 fully saturated rings. The molecular formula is C87H82O24. The zero-order valence-corrected chi connectivity index (χ0v) is 60.3. The molecule has 0 saturated carbocycles. The van der Waals surface area contributed by atoms with Crippen LogP contribution in [-0.4, -0.2) is 171 Å². The van der Waals surface area contributed by atoms with Crippen LogP contribution in [0.1, 0.15) is 98.6 Å². The molecule has 111 heavy (non-hydrogen) atoms. The predicted octanol–water partition coefficient (Wildman–Crippen LogP) is 11.3. The lowest BCUT2D eigenvalue weighted by atomic mass is 9.95. The van der Waals surface area contributed by atoms with Crippen molar-refractivity contribution in [1.82, 2.24) is 0 Å². The van der Waals surface area contributed by atoms with Crippen molar-refractivity contribution in [3.05, 3.63) is 323 Å². The third-order valence-electron chi connectivity index (χ3n) is 18.4. The minimum atomic E-state index is -1.98. The molecule has 12 rings (SSSR count). The number of carbonyl (C=O) groups is 8. The average Bonchev–Trinajstić information content (AvgIpc) is 1.64. The van der Waals surface area contributed by atoms with Gasteiger partial charge in [0.25, 0.3) is 0 Å². The first kappa shape index (κ1) is 79.1. The predicted molar refractivity (Wildman–Crippen MR) is 395 cm³/mol. The molecule has 15 atom stereocenters. The van der Waals surface area contributed by atoms with Crippen LogP contribution in [0.3, 0.4) is 0 Å². The van der Waals surface area contributed by atoms with Crippen LogP contribution in [0.5, 0.6) is 0 Å². The molecule has 24 heteroatoms. The maximum atomic E-state index is 15.0. The summed E-state index contributed by atoms with van der Waals surface area (Å²) in [6, 6.07) is 74.7. The molecule has 0 aromatic heterocycles. The maximum Gasteiger partial charge on any atom is 0.338 e. The smallest absolute Gasteiger partial charge is 0.338 e. The van der Waals surface area contributed by atoms with Crippen LogP contribution in [0.2, 0.25) is 0 Å². The third kappa shape index (κ3) is 21.8. The maximum absolute atomic E-state index is 15.0. The highest BCUT2D eigenvalue weighted by atomic mass is 16.8. The van der Waals surface area contributed by atoms with Crippen LogP contribution in [0, 0.1) is 0 Å². The van der Waals surface area contributed by atoms with E-state index in [1.807, 2.05) is 24.3 Å². The molecule has 0 radical (unpaired) electrons. The number of esters is 7. The number of aliphatic hydroxyl groups excluding tert-OH is 1. The van der Waals surface area contributed by atoms with Gasteiger partial charge < -0.3 is 81.0 Å². The lowest BCUT2D eigenvalue weighted by Gasteiger charge is -2.50. The summed E-state index contributed by atoms with van der Waals surface area (Å²) in [4.78, 5) is 114. The molecule has 574 valence electrons. The Morgan fingerprint density at radius 2 is 0.667 bits per heavy atom. The molecule has 3 aliphatic heterocycles. The van der Waals surface area contributed by atoms with Crippen molar-refractivity contribution in [2.45, 2.75) is 132 Å². The minimum Gasteiger partial charge on any atom is -0.459 e. The van der Waals surface area contributed by atoms with Crippen LogP contribution < -0.4 is 0 Å². The average molecular weight is 1510 g/mol. The first-order valence-corrected chi connectivity index (χ1v) is 36.2. The molecule has 9 aromatic rings. The van der Waals surface area contributed by atoms with Gasteiger partial charge >= 0.3 is 41.8 Å². The summed E-state index contributed by atoms with van der Waals surface area (Å²) in [6.07, 6.45) is -26.3. The van der Waals surface area contributed by atoms with Crippen LogP contribution in [0.15, 0.2) is 273 Å². The molecule has 3 heterocycles. The van der Waals surface area contributed by atoms with Crippen LogP contribution in [-0.2, 0) is 100 Å². The Balaban J connectivity index is 1.02. The standard InChI is InChI=1S/C87H82O24/c1-56(89)47-48-70(90)107-77-74(110-86-78(98-51-58-31-13-3-14-32-58)75(97-50-57-29-11-2-12-30-57)72(109-85(96)65-45-27-10-28-46-65)68(105-86)54-101-81(92)61-37-19-6-20-38-61)69(55-102-82(93)62-39-21-7-22-40-62)106-87(79(77)99-52-59-33-15-4-16-34-59)111-76-71(108-84(95)64-43-25-9-26-44-64)66(49-88)103-73(76)67(104-83(94)63-41-23-8-24-42-63)53-100-80(91)60-35-17-5-18-36-60/h2-46,66-69,71-79,86-88H,47-55H2,1H3/t66-,67+,68?,69?,71?,72-,73-,74-,75?,76?,77?,78?,79?,86+,87+/m0/s1. The van der Waals surface area contributed by atoms with E-state index in [0.717, 1.165) is 0 Å². The van der Waals surface area contributed by atoms with Crippen molar-refractivity contribution >= 4 is 47.6 Å². The number of Topliss-reactive ketones (excluding diaryl/α,β-unsaturated/α-hetero) is 1. The van der Waals surface area contributed by atoms with Gasteiger partial charge in [-0.05, 0) is 96.4 Å². The Morgan fingerprint density at radius 3 is 1.06 bits per heavy atom. The number of carbonyl (C=O) groups excluding carboxylic acids is 8. The van der Waals surface area contributed by atoms with E-state index in [1.165, 1.54) is 55.5 Å². The third-order valence-corrected chi connectivity index (χ3v) is 18.4. The van der Waals surface area contributed by atoms with Crippen molar-refractivity contribution in [2.24, 2.45) is 0 Å². The second kappa shape index (κ2) is 39.8. The highest BCUT2D eigenvalue weighted by Gasteiger charge is 2.60. The van der Waals surface area contributed by atoms with Crippen LogP contribution >= 0.6 is 0 Å². The quantitative estimate of drug-likeness (QED) is 0.0289. The molecule has 1 N–H and O–H groups in total. The topological polar surface area (TPSA) is 295 Å². The van der Waals surface area contributed by atoms with Gasteiger partial charge in [0.2, 0.25) is 0 Å². The molecule has 0 bridgehead atoms. The van der Waals surface area contributed by atoms with Gasteiger partial charge in [0, 0.05) is 6.42 Å². The van der Waals surface area contributed by atoms with Gasteiger partial charge in [-0.15, -0.1) is 0 Å². The zero-order chi connectivity index (χ0) is 77.3. The van der Waals surface area contributed by atoms with Crippen molar-refractivity contribution in [1.29, 1.82) is 0 Å². The Labute approximate surface area is 640 Å². The van der Waals surface area contributed by atoms with Gasteiger partial charge in [0.05, 0.1) is 66.2 Å². The Hall–Kier alpha value is -11.4. The number of aliphatic hydroxyl groups is 1. The van der Waals surface area contributed by atoms with Gasteiger partial charge in [-0.25, -0.2) is 28.8 Å². The van der Waals surface area contributed by atoms with E-state index in [9.17, 15) is 38.7 Å². The number of benzene rings is 9. The number of hydrogen-bond donors (Lipinski definition) is 1. The van der Waals surface area contributed by atoms with Gasteiger partial charge in [0.1, 0.15) is 80.5 Å². The van der Waals surface area contributed by atoms with Crippen LogP contribution in [0.25, 0.3) is 0 Å². The monoisotopic (exact) mass is 1510 g/mol. The normalized spacial score (nSPS) is 23.0. The first-order valence-electron chi connectivity index (χ1n) is 36.2. The minimum absolute atomic E-state index is 0.0528. The summed E-state index contributed by atoms with van der Waals surface area (Å²) in [5.41, 5.74) is 2.49. The number of hydrogen-bond acceptors (Lipinski definition) is 24. The number of ketones is 1. The molecule has 0 amide bonds. The molecule has 3 aliphatic rings. The van der Waals surface area contributed by atoms with Crippen molar-refractivity contribution < 1.29 is 115 Å². The lowest BCUT2D eigenvalue weighted by Crippen LogP contribution is -2.67. The molecule has 8 unspecified atom stereocenters. The first-order chi connectivity index (χ1) is 54.2. The summed E-state index contributed by atoms with van der Waals surface area (Å²) in [5, 5.41) is 11.4. The second-order valence-corrected chi connectivity index (χ2v) is 26.2. The van der Waals surface area contributed by atoms with E-state index in [-0.39, 0.29) is 65.4 Å². The Morgan fingerprint density at radius 1 is 0.333 bits per heavy atom. The Kier molecular flexibility index (Phi) is 28.4. The molecule has 3 saturated heterocycles. The highest BCUT2D eigenvalue weighted by Crippen LogP contribution is 2.40. The van der Waals surface area contributed by atoms with E-state index in [0.29, 0.717) is 16.7 Å². The van der Waals surface area contributed by atoms with Gasteiger partial charge in [0.15, 0.2) is 37.0 Å². The molecule has 9 aromatic carbocycles. The largest absolute Gasteiger partial charge is 0.459 e. The second-order valence-electron chi connectivity index (χ2n) is 26.2. The van der Waals surface area contributed by atoms with Crippen molar-refractivity contribution in [2.75, 3.05) is 26.4 Å². The Bertz CT molecular complexity index is 4460. The SMILES string of the molecule is CC(=O)CCC(=O)OC1C(OCc2ccccc2)[C@@H](OC2C(OC(=O)c3ccccc3)[C@H](CO)O[C@H]2[C@@H](COC(=O)c2ccccc2)OC(=O)c2ccccc2)OC(COC(=O)c2ccccc2)[C@@H]1O[C@H]1OC(COC(=O)c2ccccc2)[C@H](OC(=O)c2ccccc2)C(OCc2ccccc2)C1OCc1ccccc1. The van der Waals surface area contributed by atoms with E-state index in [1.54, 1.807) is 200 Å². The van der Waals surface area contributed by atoms with E-state index >= 15 is 4.79 Å². The summed E-state index contributed by atoms with van der Waals surface area (Å²) in [7, 11) is 0. The van der Waals surface area contributed by atoms with Crippen LogP contribution in [0.4, 0.5) is 0 Å². The summed E-state index contributed by atoms with van der Waals surface area (Å²) in [6.45, 7) is -2.42. The summed E-state index contributed by atoms with van der Waals surface area (Å²) >= 11 is 0. The fraction of sp³-hybridized carbons (Fsp3) is 0.287. The molecule has 24 nitrogen and oxygen atoms in total. The summed E-state index contributed by atoms with van der Waals surface area (Å²) in [5.74, 6) is -6.58. The molecule has 0 spiro atoms. The summed E-state index contributed by atoms with van der Waals surface area (Å²) < 4.78 is 101. The van der Waals surface area contributed by atoms with Gasteiger partial charge in [-0.1, -0.05) is 200 Å². The molecular weight excluding hydrogens is 1430 g/mol. The van der Waals surface area contributed by atoms with E-state index in [2.05, 4.69) is 0 Å². The lowest BCUT2D eigenvalue weighted by molar-refractivity contribution is -0.375. The van der Waals surface area contributed by atoms with Crippen molar-refractivity contribution in [3.8, 4) is 0 Å².